The van der Waals surface area contributed by atoms with Crippen molar-refractivity contribution in [1.29, 1.82) is 0 Å². The van der Waals surface area contributed by atoms with E-state index in [1.54, 1.807) is 18.3 Å². The van der Waals surface area contributed by atoms with Crippen molar-refractivity contribution in [3.8, 4) is 0 Å². The molecule has 0 atom stereocenters. The molecule has 0 spiro atoms. The zero-order chi connectivity index (χ0) is 10.6. The van der Waals surface area contributed by atoms with Crippen molar-refractivity contribution in [2.45, 2.75) is 6.54 Å². The SMILES string of the molecule is CN(C)S(=O)(=O)NCc1ccccn1. The van der Waals surface area contributed by atoms with E-state index in [1.165, 1.54) is 14.1 Å². The number of aromatic nitrogens is 1. The first-order valence-electron chi connectivity index (χ1n) is 4.09. The number of nitrogens with zero attached hydrogens (tertiary/aromatic N) is 2. The van der Waals surface area contributed by atoms with Gasteiger partial charge in [-0.15, -0.1) is 0 Å². The van der Waals surface area contributed by atoms with Gasteiger partial charge < -0.3 is 0 Å². The van der Waals surface area contributed by atoms with Crippen molar-refractivity contribution >= 4 is 10.2 Å². The third-order valence-corrected chi connectivity index (χ3v) is 3.11. The topological polar surface area (TPSA) is 62.3 Å². The second-order valence-corrected chi connectivity index (χ2v) is 4.90. The Morgan fingerprint density at radius 3 is 2.64 bits per heavy atom. The van der Waals surface area contributed by atoms with Crippen molar-refractivity contribution in [2.75, 3.05) is 14.1 Å². The Morgan fingerprint density at radius 1 is 1.43 bits per heavy atom. The minimum Gasteiger partial charge on any atom is -0.260 e. The molecule has 0 unspecified atom stereocenters. The fraction of sp³-hybridized carbons (Fsp3) is 0.375. The van der Waals surface area contributed by atoms with Gasteiger partial charge in [0.05, 0.1) is 12.2 Å². The number of pyridine rings is 1. The van der Waals surface area contributed by atoms with Crippen LogP contribution in [0.2, 0.25) is 0 Å². The molecule has 0 radical (unpaired) electrons. The van der Waals surface area contributed by atoms with Gasteiger partial charge in [-0.2, -0.15) is 17.4 Å². The molecule has 1 N–H and O–H groups in total. The van der Waals surface area contributed by atoms with Crippen LogP contribution in [0.25, 0.3) is 0 Å². The Hall–Kier alpha value is -0.980. The molecule has 0 bridgehead atoms. The second kappa shape index (κ2) is 4.50. The number of hydrogen-bond acceptors (Lipinski definition) is 3. The van der Waals surface area contributed by atoms with Gasteiger partial charge in [0, 0.05) is 20.3 Å². The highest BCUT2D eigenvalue weighted by Gasteiger charge is 2.11. The van der Waals surface area contributed by atoms with Crippen LogP contribution in [0, 0.1) is 0 Å². The number of nitrogens with one attached hydrogen (secondary N) is 1. The smallest absolute Gasteiger partial charge is 0.260 e. The summed E-state index contributed by atoms with van der Waals surface area (Å²) in [6.07, 6.45) is 1.62. The molecule has 6 heteroatoms. The minimum absolute atomic E-state index is 0.210. The third kappa shape index (κ3) is 3.06. The molecule has 14 heavy (non-hydrogen) atoms. The van der Waals surface area contributed by atoms with Crippen LogP contribution in [0.1, 0.15) is 5.69 Å². The van der Waals surface area contributed by atoms with Gasteiger partial charge in [0.15, 0.2) is 0 Å². The maximum atomic E-state index is 11.3. The second-order valence-electron chi connectivity index (χ2n) is 2.93. The van der Waals surface area contributed by atoms with E-state index in [2.05, 4.69) is 9.71 Å². The fourth-order valence-electron chi connectivity index (χ4n) is 0.797. The largest absolute Gasteiger partial charge is 0.279 e. The molecule has 0 aliphatic heterocycles. The van der Waals surface area contributed by atoms with E-state index in [0.717, 1.165) is 4.31 Å². The van der Waals surface area contributed by atoms with Crippen molar-refractivity contribution in [3.05, 3.63) is 30.1 Å². The van der Waals surface area contributed by atoms with Crippen LogP contribution < -0.4 is 4.72 Å². The van der Waals surface area contributed by atoms with Crippen molar-refractivity contribution in [3.63, 3.8) is 0 Å². The number of hydrogen-bond donors (Lipinski definition) is 1. The summed E-state index contributed by atoms with van der Waals surface area (Å²) in [4.78, 5) is 4.00. The Bertz CT molecular complexity index is 375. The van der Waals surface area contributed by atoms with Crippen LogP contribution in [-0.4, -0.2) is 31.8 Å². The molecular weight excluding hydrogens is 202 g/mol. The van der Waals surface area contributed by atoms with Crippen LogP contribution in [0.3, 0.4) is 0 Å². The molecule has 0 aliphatic carbocycles. The summed E-state index contributed by atoms with van der Waals surface area (Å²) in [5, 5.41) is 0. The van der Waals surface area contributed by atoms with Crippen LogP contribution in [0.15, 0.2) is 24.4 Å². The Morgan fingerprint density at radius 2 is 2.14 bits per heavy atom. The molecule has 0 aromatic carbocycles. The summed E-state index contributed by atoms with van der Waals surface area (Å²) in [6.45, 7) is 0.210. The highest BCUT2D eigenvalue weighted by atomic mass is 32.2. The van der Waals surface area contributed by atoms with Gasteiger partial charge in [-0.3, -0.25) is 4.98 Å². The van der Waals surface area contributed by atoms with E-state index in [1.807, 2.05) is 6.07 Å². The Labute approximate surface area is 84.0 Å². The first-order chi connectivity index (χ1) is 6.52. The Kier molecular flexibility index (Phi) is 3.56. The summed E-state index contributed by atoms with van der Waals surface area (Å²) in [5.74, 6) is 0. The van der Waals surface area contributed by atoms with Crippen LogP contribution in [0.5, 0.6) is 0 Å². The van der Waals surface area contributed by atoms with E-state index in [9.17, 15) is 8.42 Å². The summed E-state index contributed by atoms with van der Waals surface area (Å²) < 4.78 is 26.1. The molecule has 5 nitrogen and oxygen atoms in total. The molecule has 0 saturated carbocycles. The molecule has 0 fully saturated rings. The van der Waals surface area contributed by atoms with Crippen LogP contribution in [0.4, 0.5) is 0 Å². The molecule has 1 heterocycles. The monoisotopic (exact) mass is 215 g/mol. The zero-order valence-corrected chi connectivity index (χ0v) is 8.95. The zero-order valence-electron chi connectivity index (χ0n) is 8.14. The molecule has 0 saturated heterocycles. The average molecular weight is 215 g/mol. The lowest BCUT2D eigenvalue weighted by Crippen LogP contribution is -2.35. The molecule has 0 aliphatic rings. The lowest BCUT2D eigenvalue weighted by atomic mass is 10.4. The van der Waals surface area contributed by atoms with Gasteiger partial charge in [-0.05, 0) is 12.1 Å². The molecule has 1 aromatic heterocycles. The lowest BCUT2D eigenvalue weighted by molar-refractivity contribution is 0.504. The summed E-state index contributed by atoms with van der Waals surface area (Å²) in [7, 11) is -0.407. The third-order valence-electron chi connectivity index (χ3n) is 1.64. The highest BCUT2D eigenvalue weighted by Crippen LogP contribution is 1.95. The van der Waals surface area contributed by atoms with E-state index in [4.69, 9.17) is 0 Å². The lowest BCUT2D eigenvalue weighted by Gasteiger charge is -2.11. The summed E-state index contributed by atoms with van der Waals surface area (Å²) in [6, 6.07) is 5.36. The average Bonchev–Trinajstić information content (AvgIpc) is 2.16. The molecule has 1 rings (SSSR count). The van der Waals surface area contributed by atoms with E-state index in [-0.39, 0.29) is 6.54 Å². The Balaban J connectivity index is 2.58. The standard InChI is InChI=1S/C8H13N3O2S/c1-11(2)14(12,13)10-7-8-5-3-4-6-9-8/h3-6,10H,7H2,1-2H3. The van der Waals surface area contributed by atoms with E-state index in [0.29, 0.717) is 5.69 Å². The molecule has 0 amide bonds. The minimum atomic E-state index is -3.35. The normalized spacial score (nSPS) is 11.9. The van der Waals surface area contributed by atoms with Gasteiger partial charge in [0.2, 0.25) is 0 Å². The van der Waals surface area contributed by atoms with Gasteiger partial charge >= 0.3 is 0 Å². The fourth-order valence-corrected chi connectivity index (χ4v) is 1.39. The van der Waals surface area contributed by atoms with Crippen molar-refractivity contribution in [2.24, 2.45) is 0 Å². The van der Waals surface area contributed by atoms with Gasteiger partial charge in [-0.1, -0.05) is 6.07 Å². The van der Waals surface area contributed by atoms with Gasteiger partial charge in [-0.25, -0.2) is 0 Å². The van der Waals surface area contributed by atoms with Crippen LogP contribution in [-0.2, 0) is 16.8 Å². The van der Waals surface area contributed by atoms with Gasteiger partial charge in [0.1, 0.15) is 0 Å². The highest BCUT2D eigenvalue weighted by molar-refractivity contribution is 7.87. The molecular formula is C8H13N3O2S. The quantitative estimate of drug-likeness (QED) is 0.767. The maximum Gasteiger partial charge on any atom is 0.279 e. The summed E-state index contributed by atoms with van der Waals surface area (Å²) >= 11 is 0. The maximum absolute atomic E-state index is 11.3. The first kappa shape index (κ1) is 11.1. The first-order valence-corrected chi connectivity index (χ1v) is 5.53. The van der Waals surface area contributed by atoms with Crippen molar-refractivity contribution < 1.29 is 8.42 Å². The van der Waals surface area contributed by atoms with E-state index < -0.39 is 10.2 Å². The predicted octanol–water partition coefficient (Wildman–Crippen LogP) is -0.0224. The summed E-state index contributed by atoms with van der Waals surface area (Å²) in [5.41, 5.74) is 0.693. The predicted molar refractivity (Wildman–Crippen MR) is 53.7 cm³/mol. The van der Waals surface area contributed by atoms with Crippen LogP contribution >= 0.6 is 0 Å². The van der Waals surface area contributed by atoms with Crippen molar-refractivity contribution in [1.82, 2.24) is 14.0 Å². The number of rotatable bonds is 4. The molecule has 1 aromatic rings. The van der Waals surface area contributed by atoms with E-state index >= 15 is 0 Å². The van der Waals surface area contributed by atoms with Gasteiger partial charge in [0.25, 0.3) is 10.2 Å². The molecule has 78 valence electrons.